The van der Waals surface area contributed by atoms with Crippen molar-refractivity contribution in [1.29, 1.82) is 0 Å². The van der Waals surface area contributed by atoms with Gasteiger partial charge in [0.1, 0.15) is 25.4 Å². The molecule has 1 saturated heterocycles. The van der Waals surface area contributed by atoms with Crippen LogP contribution in [0.1, 0.15) is 110 Å². The van der Waals surface area contributed by atoms with Crippen molar-refractivity contribution in [2.75, 3.05) is 13.2 Å². The topological polar surface area (TPSA) is 102 Å². The zero-order chi connectivity index (χ0) is 24.2. The Balaban J connectivity index is 1.87. The molecule has 0 aliphatic carbocycles. The number of carbonyl (C=O) groups is 3. The van der Waals surface area contributed by atoms with Crippen molar-refractivity contribution in [3.8, 4) is 0 Å². The lowest BCUT2D eigenvalue weighted by Gasteiger charge is -2.14. The van der Waals surface area contributed by atoms with Crippen LogP contribution in [0.4, 0.5) is 0 Å². The molecule has 1 rings (SSSR count). The van der Waals surface area contributed by atoms with Crippen LogP contribution in [-0.4, -0.2) is 48.3 Å². The smallest absolute Gasteiger partial charge is 0.328 e. The maximum Gasteiger partial charge on any atom is 0.328 e. The predicted molar refractivity (Wildman–Crippen MR) is 129 cm³/mol. The van der Waals surface area contributed by atoms with Gasteiger partial charge in [0.25, 0.3) is 0 Å². The van der Waals surface area contributed by atoms with Crippen molar-refractivity contribution in [2.45, 2.75) is 122 Å². The summed E-state index contributed by atoms with van der Waals surface area (Å²) in [6.07, 6.45) is 20.2. The number of carbonyl (C=O) groups excluding carboxylic acids is 3. The van der Waals surface area contributed by atoms with Crippen LogP contribution < -0.4 is 5.32 Å². The van der Waals surface area contributed by atoms with E-state index in [9.17, 15) is 19.5 Å². The van der Waals surface area contributed by atoms with Crippen LogP contribution in [0.25, 0.3) is 0 Å². The van der Waals surface area contributed by atoms with Gasteiger partial charge >= 0.3 is 11.9 Å². The number of hydrogen-bond acceptors (Lipinski definition) is 6. The molecule has 190 valence electrons. The monoisotopic (exact) mass is 467 g/mol. The Hall–Kier alpha value is -1.89. The molecule has 1 fully saturated rings. The first-order valence-corrected chi connectivity index (χ1v) is 13.0. The molecule has 0 aromatic heterocycles. The average molecular weight is 468 g/mol. The fourth-order valence-corrected chi connectivity index (χ4v) is 3.72. The molecular weight excluding hydrogens is 422 g/mol. The molecule has 0 aromatic rings. The fraction of sp³-hybridized carbons (Fsp3) is 0.808. The highest BCUT2D eigenvalue weighted by atomic mass is 16.6. The number of hydrogen-bond donors (Lipinski definition) is 2. The van der Waals surface area contributed by atoms with Gasteiger partial charge in [-0.05, 0) is 38.5 Å². The van der Waals surface area contributed by atoms with Crippen molar-refractivity contribution in [2.24, 2.45) is 0 Å². The van der Waals surface area contributed by atoms with E-state index in [0.29, 0.717) is 19.3 Å². The molecule has 0 radical (unpaired) electrons. The predicted octanol–water partition coefficient (Wildman–Crippen LogP) is 4.75. The number of allylic oxidation sites excluding steroid dienone is 2. The number of esters is 2. The quantitative estimate of drug-likeness (QED) is 0.152. The normalized spacial score (nSPS) is 16.7. The number of amides is 1. The molecule has 0 aromatic carbocycles. The number of rotatable bonds is 20. The van der Waals surface area contributed by atoms with Gasteiger partial charge < -0.3 is 19.9 Å². The van der Waals surface area contributed by atoms with Gasteiger partial charge in [-0.1, -0.05) is 70.4 Å². The summed E-state index contributed by atoms with van der Waals surface area (Å²) >= 11 is 0. The van der Waals surface area contributed by atoms with Crippen molar-refractivity contribution in [3.63, 3.8) is 0 Å². The third-order valence-corrected chi connectivity index (χ3v) is 5.78. The van der Waals surface area contributed by atoms with Crippen LogP contribution >= 0.6 is 0 Å². The van der Waals surface area contributed by atoms with E-state index >= 15 is 0 Å². The Kier molecular flexibility index (Phi) is 17.3. The molecule has 1 aliphatic heterocycles. The van der Waals surface area contributed by atoms with E-state index in [4.69, 9.17) is 9.47 Å². The molecule has 1 aliphatic rings. The lowest BCUT2D eigenvalue weighted by Crippen LogP contribution is -2.36. The van der Waals surface area contributed by atoms with Crippen molar-refractivity contribution in [3.05, 3.63) is 12.2 Å². The SMILES string of the molecule is CCCCCCCC/C=C\CCCCCCCC(=O)OC[C@@H](O)COC(=O)[C@@H]1CCC(=O)N1. The third-order valence-electron chi connectivity index (χ3n) is 5.78. The molecule has 2 N–H and O–H groups in total. The summed E-state index contributed by atoms with van der Waals surface area (Å²) in [5, 5.41) is 12.3. The zero-order valence-electron chi connectivity index (χ0n) is 20.5. The molecule has 0 saturated carbocycles. The third kappa shape index (κ3) is 16.4. The largest absolute Gasteiger partial charge is 0.463 e. The Morgan fingerprint density at radius 3 is 2.12 bits per heavy atom. The van der Waals surface area contributed by atoms with E-state index in [1.807, 2.05) is 0 Å². The Bertz CT molecular complexity index is 577. The van der Waals surface area contributed by atoms with Crippen LogP contribution in [0.2, 0.25) is 0 Å². The summed E-state index contributed by atoms with van der Waals surface area (Å²) in [5.74, 6) is -1.09. The molecular formula is C26H45NO6. The minimum absolute atomic E-state index is 0.179. The summed E-state index contributed by atoms with van der Waals surface area (Å²) in [6.45, 7) is 1.79. The van der Waals surface area contributed by atoms with E-state index in [2.05, 4.69) is 24.4 Å². The highest BCUT2D eigenvalue weighted by Gasteiger charge is 2.28. The van der Waals surface area contributed by atoms with Gasteiger partial charge in [-0.3, -0.25) is 9.59 Å². The van der Waals surface area contributed by atoms with E-state index in [0.717, 1.165) is 25.7 Å². The molecule has 0 bridgehead atoms. The molecule has 7 nitrogen and oxygen atoms in total. The summed E-state index contributed by atoms with van der Waals surface area (Å²) in [6, 6.07) is -0.645. The van der Waals surface area contributed by atoms with Gasteiger partial charge in [0.15, 0.2) is 0 Å². The van der Waals surface area contributed by atoms with Gasteiger partial charge in [-0.2, -0.15) is 0 Å². The first-order chi connectivity index (χ1) is 16.0. The molecule has 7 heteroatoms. The molecule has 2 atom stereocenters. The molecule has 1 amide bonds. The Morgan fingerprint density at radius 2 is 1.52 bits per heavy atom. The maximum absolute atomic E-state index is 11.8. The summed E-state index contributed by atoms with van der Waals surface area (Å²) in [5.41, 5.74) is 0. The van der Waals surface area contributed by atoms with E-state index < -0.39 is 18.1 Å². The second-order valence-corrected chi connectivity index (χ2v) is 8.96. The molecule has 0 spiro atoms. The zero-order valence-corrected chi connectivity index (χ0v) is 20.5. The van der Waals surface area contributed by atoms with Gasteiger partial charge in [-0.25, -0.2) is 4.79 Å². The summed E-state index contributed by atoms with van der Waals surface area (Å²) in [7, 11) is 0. The standard InChI is InChI=1S/C26H45NO6/c1-2-3-4-5-6-7-8-9-10-11-12-13-14-15-16-17-25(30)32-20-22(28)21-33-26(31)23-18-19-24(29)27-23/h9-10,22-23,28H,2-8,11-21H2,1H3,(H,27,29)/b10-9-/t22-,23+/m1/s1. The van der Waals surface area contributed by atoms with Crippen LogP contribution in [0.3, 0.4) is 0 Å². The second kappa shape index (κ2) is 19.6. The van der Waals surface area contributed by atoms with Crippen LogP contribution in [0, 0.1) is 0 Å². The molecule has 0 unspecified atom stereocenters. The molecule has 33 heavy (non-hydrogen) atoms. The number of unbranched alkanes of at least 4 members (excludes halogenated alkanes) is 11. The van der Waals surface area contributed by atoms with Crippen molar-refractivity contribution < 1.29 is 29.0 Å². The van der Waals surface area contributed by atoms with E-state index in [-0.39, 0.29) is 25.1 Å². The van der Waals surface area contributed by atoms with Gasteiger partial charge in [0.2, 0.25) is 5.91 Å². The summed E-state index contributed by atoms with van der Waals surface area (Å²) in [4.78, 5) is 34.6. The van der Waals surface area contributed by atoms with Crippen molar-refractivity contribution in [1.82, 2.24) is 5.32 Å². The first-order valence-electron chi connectivity index (χ1n) is 13.0. The number of aliphatic hydroxyl groups is 1. The fourth-order valence-electron chi connectivity index (χ4n) is 3.72. The van der Waals surface area contributed by atoms with Gasteiger partial charge in [0, 0.05) is 12.8 Å². The summed E-state index contributed by atoms with van der Waals surface area (Å²) < 4.78 is 10.00. The van der Waals surface area contributed by atoms with Crippen LogP contribution in [0.15, 0.2) is 12.2 Å². The average Bonchev–Trinajstić information content (AvgIpc) is 3.25. The highest BCUT2D eigenvalue weighted by molar-refractivity contribution is 5.88. The number of ether oxygens (including phenoxy) is 2. The minimum atomic E-state index is -1.07. The van der Waals surface area contributed by atoms with Crippen LogP contribution in [0.5, 0.6) is 0 Å². The molecule has 1 heterocycles. The Morgan fingerprint density at radius 1 is 0.939 bits per heavy atom. The van der Waals surface area contributed by atoms with Gasteiger partial charge in [0.05, 0.1) is 0 Å². The lowest BCUT2D eigenvalue weighted by atomic mass is 10.1. The minimum Gasteiger partial charge on any atom is -0.463 e. The highest BCUT2D eigenvalue weighted by Crippen LogP contribution is 2.11. The van der Waals surface area contributed by atoms with Crippen LogP contribution in [-0.2, 0) is 23.9 Å². The maximum atomic E-state index is 11.8. The van der Waals surface area contributed by atoms with Gasteiger partial charge in [-0.15, -0.1) is 0 Å². The van der Waals surface area contributed by atoms with E-state index in [1.165, 1.54) is 57.8 Å². The lowest BCUT2D eigenvalue weighted by molar-refractivity contribution is -0.154. The number of nitrogens with one attached hydrogen (secondary N) is 1. The number of aliphatic hydroxyl groups excluding tert-OH is 1. The van der Waals surface area contributed by atoms with E-state index in [1.54, 1.807) is 0 Å². The Labute approximate surface area is 199 Å². The first kappa shape index (κ1) is 29.1. The second-order valence-electron chi connectivity index (χ2n) is 8.96. The van der Waals surface area contributed by atoms with Crippen molar-refractivity contribution >= 4 is 17.8 Å².